The lowest BCUT2D eigenvalue weighted by molar-refractivity contribution is 0.412. The quantitative estimate of drug-likeness (QED) is 0.737. The third kappa shape index (κ3) is 1.17. The first kappa shape index (κ1) is 9.38. The second-order valence-electron chi connectivity index (χ2n) is 4.50. The Kier molecular flexibility index (Phi) is 1.95. The van der Waals surface area contributed by atoms with E-state index in [1.165, 1.54) is 11.3 Å². The van der Waals surface area contributed by atoms with Gasteiger partial charge in [0.05, 0.1) is 7.11 Å². The van der Waals surface area contributed by atoms with Crippen molar-refractivity contribution in [3.63, 3.8) is 0 Å². The first-order valence-electron chi connectivity index (χ1n) is 5.01. The van der Waals surface area contributed by atoms with Crippen molar-refractivity contribution in [2.75, 3.05) is 12.4 Å². The van der Waals surface area contributed by atoms with Gasteiger partial charge in [0, 0.05) is 17.1 Å². The molecule has 2 rings (SSSR count). The Bertz CT molecular complexity index is 357. The molecule has 0 unspecified atom stereocenters. The van der Waals surface area contributed by atoms with Gasteiger partial charge in [0.15, 0.2) is 0 Å². The summed E-state index contributed by atoms with van der Waals surface area (Å²) < 4.78 is 5.24. The van der Waals surface area contributed by atoms with E-state index < -0.39 is 0 Å². The molecule has 1 heterocycles. The minimum Gasteiger partial charge on any atom is -0.497 e. The number of ether oxygens (including phenoxy) is 1. The molecule has 1 aliphatic heterocycles. The van der Waals surface area contributed by atoms with Crippen LogP contribution >= 0.6 is 0 Å². The zero-order valence-electron chi connectivity index (χ0n) is 9.22. The maximum absolute atomic E-state index is 5.24. The van der Waals surface area contributed by atoms with Gasteiger partial charge in [-0.25, -0.2) is 0 Å². The van der Waals surface area contributed by atoms with E-state index in [1.807, 2.05) is 6.07 Å². The van der Waals surface area contributed by atoms with Gasteiger partial charge in [0.1, 0.15) is 5.75 Å². The number of anilines is 1. The number of hydrogen-bond acceptors (Lipinski definition) is 2. The van der Waals surface area contributed by atoms with Crippen LogP contribution in [0.15, 0.2) is 18.2 Å². The average molecular weight is 191 g/mol. The third-order valence-electron chi connectivity index (χ3n) is 3.38. The van der Waals surface area contributed by atoms with Crippen LogP contribution in [0.1, 0.15) is 26.3 Å². The van der Waals surface area contributed by atoms with Crippen LogP contribution in [-0.2, 0) is 5.41 Å². The highest BCUT2D eigenvalue weighted by molar-refractivity contribution is 5.63. The van der Waals surface area contributed by atoms with Gasteiger partial charge in [-0.2, -0.15) is 0 Å². The third-order valence-corrected chi connectivity index (χ3v) is 3.38. The predicted molar refractivity (Wildman–Crippen MR) is 59.1 cm³/mol. The second-order valence-corrected chi connectivity index (χ2v) is 4.50. The first-order valence-corrected chi connectivity index (χ1v) is 5.01. The van der Waals surface area contributed by atoms with Crippen LogP contribution in [0.3, 0.4) is 0 Å². The Morgan fingerprint density at radius 1 is 1.36 bits per heavy atom. The topological polar surface area (TPSA) is 21.3 Å². The number of nitrogens with one attached hydrogen (secondary N) is 1. The maximum Gasteiger partial charge on any atom is 0.119 e. The minimum atomic E-state index is 0.184. The standard InChI is InChI=1S/C12H17NO/c1-8-12(2,3)10-7-9(14-4)5-6-11(10)13-8/h5-8,13H,1-4H3/t8-/m1/s1. The number of rotatable bonds is 1. The number of methoxy groups -OCH3 is 1. The SMILES string of the molecule is COc1ccc2c(c1)C(C)(C)[C@@H](C)N2. The molecule has 14 heavy (non-hydrogen) atoms. The molecule has 0 fully saturated rings. The molecule has 1 N–H and O–H groups in total. The Labute approximate surface area is 85.3 Å². The summed E-state index contributed by atoms with van der Waals surface area (Å²) in [5, 5.41) is 3.48. The summed E-state index contributed by atoms with van der Waals surface area (Å²) in [5.74, 6) is 0.938. The van der Waals surface area contributed by atoms with Crippen molar-refractivity contribution in [2.45, 2.75) is 32.2 Å². The molecule has 0 spiro atoms. The van der Waals surface area contributed by atoms with E-state index >= 15 is 0 Å². The van der Waals surface area contributed by atoms with Crippen molar-refractivity contribution in [2.24, 2.45) is 0 Å². The number of hydrogen-bond donors (Lipinski definition) is 1. The van der Waals surface area contributed by atoms with Gasteiger partial charge in [0.25, 0.3) is 0 Å². The van der Waals surface area contributed by atoms with Gasteiger partial charge in [-0.05, 0) is 30.7 Å². The molecule has 0 bridgehead atoms. The van der Waals surface area contributed by atoms with E-state index in [0.717, 1.165) is 5.75 Å². The lowest BCUT2D eigenvalue weighted by Gasteiger charge is -2.24. The lowest BCUT2D eigenvalue weighted by atomic mass is 9.81. The van der Waals surface area contributed by atoms with Crippen LogP contribution in [0.2, 0.25) is 0 Å². The van der Waals surface area contributed by atoms with Crippen LogP contribution in [0, 0.1) is 0 Å². The molecule has 0 amide bonds. The van der Waals surface area contributed by atoms with Crippen LogP contribution in [0.4, 0.5) is 5.69 Å². The van der Waals surface area contributed by atoms with Crippen molar-refractivity contribution < 1.29 is 4.74 Å². The highest BCUT2D eigenvalue weighted by Crippen LogP contribution is 2.41. The van der Waals surface area contributed by atoms with Crippen molar-refractivity contribution in [3.05, 3.63) is 23.8 Å². The lowest BCUT2D eigenvalue weighted by Crippen LogP contribution is -2.29. The Morgan fingerprint density at radius 3 is 2.71 bits per heavy atom. The van der Waals surface area contributed by atoms with E-state index in [0.29, 0.717) is 6.04 Å². The number of benzene rings is 1. The molecule has 0 aromatic heterocycles. The van der Waals surface area contributed by atoms with Crippen molar-refractivity contribution in [3.8, 4) is 5.75 Å². The van der Waals surface area contributed by atoms with Gasteiger partial charge in [-0.3, -0.25) is 0 Å². The van der Waals surface area contributed by atoms with Gasteiger partial charge < -0.3 is 10.1 Å². The largest absolute Gasteiger partial charge is 0.497 e. The molecule has 1 aromatic rings. The van der Waals surface area contributed by atoms with Crippen molar-refractivity contribution >= 4 is 5.69 Å². The molecule has 0 aliphatic carbocycles. The maximum atomic E-state index is 5.24. The van der Waals surface area contributed by atoms with E-state index in [4.69, 9.17) is 4.74 Å². The molecule has 1 aromatic carbocycles. The van der Waals surface area contributed by atoms with Gasteiger partial charge in [-0.15, -0.1) is 0 Å². The van der Waals surface area contributed by atoms with Gasteiger partial charge in [-0.1, -0.05) is 13.8 Å². The Hall–Kier alpha value is -1.18. The zero-order chi connectivity index (χ0) is 10.3. The Morgan fingerprint density at radius 2 is 2.07 bits per heavy atom. The summed E-state index contributed by atoms with van der Waals surface area (Å²) in [6, 6.07) is 6.70. The molecule has 0 saturated carbocycles. The zero-order valence-corrected chi connectivity index (χ0v) is 9.22. The van der Waals surface area contributed by atoms with E-state index in [9.17, 15) is 0 Å². The molecule has 0 saturated heterocycles. The average Bonchev–Trinajstić information content (AvgIpc) is 2.38. The molecular weight excluding hydrogens is 174 g/mol. The summed E-state index contributed by atoms with van der Waals surface area (Å²) in [6.07, 6.45) is 0. The summed E-state index contributed by atoms with van der Waals surface area (Å²) in [7, 11) is 1.71. The molecule has 1 atom stereocenters. The van der Waals surface area contributed by atoms with Crippen LogP contribution in [0.5, 0.6) is 5.75 Å². The number of fused-ring (bicyclic) bond motifs is 1. The summed E-state index contributed by atoms with van der Waals surface area (Å²) in [6.45, 7) is 6.73. The predicted octanol–water partition coefficient (Wildman–Crippen LogP) is 2.79. The smallest absolute Gasteiger partial charge is 0.119 e. The van der Waals surface area contributed by atoms with Gasteiger partial charge >= 0.3 is 0 Å². The molecular formula is C12H17NO. The van der Waals surface area contributed by atoms with Crippen LogP contribution in [-0.4, -0.2) is 13.2 Å². The van der Waals surface area contributed by atoms with Gasteiger partial charge in [0.2, 0.25) is 0 Å². The fourth-order valence-electron chi connectivity index (χ4n) is 1.96. The molecule has 1 aliphatic rings. The second kappa shape index (κ2) is 2.91. The summed E-state index contributed by atoms with van der Waals surface area (Å²) in [4.78, 5) is 0. The van der Waals surface area contributed by atoms with E-state index in [2.05, 4.69) is 38.2 Å². The summed E-state index contributed by atoms with van der Waals surface area (Å²) >= 11 is 0. The normalized spacial score (nSPS) is 22.7. The fraction of sp³-hybridized carbons (Fsp3) is 0.500. The first-order chi connectivity index (χ1) is 6.55. The molecule has 76 valence electrons. The van der Waals surface area contributed by atoms with Crippen LogP contribution in [0.25, 0.3) is 0 Å². The van der Waals surface area contributed by atoms with Crippen molar-refractivity contribution in [1.29, 1.82) is 0 Å². The molecule has 2 nitrogen and oxygen atoms in total. The van der Waals surface area contributed by atoms with Crippen molar-refractivity contribution in [1.82, 2.24) is 0 Å². The molecule has 0 radical (unpaired) electrons. The monoisotopic (exact) mass is 191 g/mol. The van der Waals surface area contributed by atoms with E-state index in [1.54, 1.807) is 7.11 Å². The highest BCUT2D eigenvalue weighted by atomic mass is 16.5. The highest BCUT2D eigenvalue weighted by Gasteiger charge is 2.36. The fourth-order valence-corrected chi connectivity index (χ4v) is 1.96. The minimum absolute atomic E-state index is 0.184. The van der Waals surface area contributed by atoms with E-state index in [-0.39, 0.29) is 5.41 Å². The molecule has 2 heteroatoms. The summed E-state index contributed by atoms with van der Waals surface area (Å²) in [5.41, 5.74) is 2.77. The van der Waals surface area contributed by atoms with Crippen LogP contribution < -0.4 is 10.1 Å². The Balaban J connectivity index is 2.51.